The van der Waals surface area contributed by atoms with Crippen LogP contribution in [0.15, 0.2) is 36.9 Å². The number of H-pyrrole nitrogens is 1. The van der Waals surface area contributed by atoms with Crippen LogP contribution in [0, 0.1) is 5.92 Å². The molecule has 4 rings (SSSR count). The van der Waals surface area contributed by atoms with Crippen LogP contribution in [-0.2, 0) is 17.8 Å². The number of carbonyl (C=O) groups is 1. The predicted molar refractivity (Wildman–Crippen MR) is 105 cm³/mol. The van der Waals surface area contributed by atoms with Gasteiger partial charge in [-0.15, -0.1) is 0 Å². The Morgan fingerprint density at radius 3 is 2.96 bits per heavy atom. The van der Waals surface area contributed by atoms with Gasteiger partial charge in [-0.05, 0) is 36.8 Å². The van der Waals surface area contributed by atoms with Gasteiger partial charge in [0.05, 0.1) is 6.04 Å². The molecule has 142 valence electrons. The van der Waals surface area contributed by atoms with Gasteiger partial charge in [0.2, 0.25) is 5.91 Å². The first-order valence-electron chi connectivity index (χ1n) is 9.85. The van der Waals surface area contributed by atoms with E-state index in [1.807, 2.05) is 0 Å². The van der Waals surface area contributed by atoms with E-state index in [1.165, 1.54) is 28.5 Å². The fraction of sp³-hybridized carbons (Fsp3) is 0.476. The highest BCUT2D eigenvalue weighted by molar-refractivity contribution is 5.86. The van der Waals surface area contributed by atoms with Crippen molar-refractivity contribution in [3.05, 3.63) is 48.2 Å². The molecule has 1 unspecified atom stereocenters. The van der Waals surface area contributed by atoms with E-state index in [0.717, 1.165) is 32.4 Å². The number of rotatable bonds is 6. The number of hydrogen-bond acceptors (Lipinski definition) is 3. The zero-order valence-electron chi connectivity index (χ0n) is 16.1. The van der Waals surface area contributed by atoms with Gasteiger partial charge in [-0.1, -0.05) is 32.0 Å². The predicted octanol–water partition coefficient (Wildman–Crippen LogP) is 3.71. The second-order valence-electron chi connectivity index (χ2n) is 7.81. The van der Waals surface area contributed by atoms with Gasteiger partial charge in [-0.2, -0.15) is 5.10 Å². The highest BCUT2D eigenvalue weighted by atomic mass is 16.2. The van der Waals surface area contributed by atoms with Crippen molar-refractivity contribution in [1.29, 1.82) is 0 Å². The Balaban J connectivity index is 1.54. The Morgan fingerprint density at radius 2 is 2.19 bits per heavy atom. The highest BCUT2D eigenvalue weighted by Crippen LogP contribution is 2.38. The average Bonchev–Trinajstić information content (AvgIpc) is 3.29. The molecular weight excluding hydrogens is 338 g/mol. The lowest BCUT2D eigenvalue weighted by Crippen LogP contribution is -2.40. The van der Waals surface area contributed by atoms with Crippen LogP contribution in [0.5, 0.6) is 0 Å². The first kappa shape index (κ1) is 17.8. The lowest BCUT2D eigenvalue weighted by atomic mass is 9.91. The number of aryl methyl sites for hydroxylation is 1. The summed E-state index contributed by atoms with van der Waals surface area (Å²) in [6.07, 6.45) is 6.46. The first-order chi connectivity index (χ1) is 13.1. The van der Waals surface area contributed by atoms with Crippen LogP contribution >= 0.6 is 0 Å². The fourth-order valence-electron chi connectivity index (χ4n) is 4.19. The zero-order valence-corrected chi connectivity index (χ0v) is 16.1. The fourth-order valence-corrected chi connectivity index (χ4v) is 4.19. The van der Waals surface area contributed by atoms with Crippen LogP contribution in [-0.4, -0.2) is 37.1 Å². The van der Waals surface area contributed by atoms with Gasteiger partial charge < -0.3 is 9.88 Å². The topological polar surface area (TPSA) is 66.8 Å². The van der Waals surface area contributed by atoms with Crippen molar-refractivity contribution >= 4 is 16.8 Å². The van der Waals surface area contributed by atoms with E-state index in [4.69, 9.17) is 0 Å². The summed E-state index contributed by atoms with van der Waals surface area (Å²) in [5.41, 5.74) is 3.81. The zero-order chi connectivity index (χ0) is 18.8. The summed E-state index contributed by atoms with van der Waals surface area (Å²) in [5.74, 6) is 0.767. The molecule has 2 aromatic heterocycles. The van der Waals surface area contributed by atoms with E-state index < -0.39 is 0 Å². The van der Waals surface area contributed by atoms with E-state index in [-0.39, 0.29) is 11.9 Å². The minimum absolute atomic E-state index is 0.139. The molecule has 6 heteroatoms. The van der Waals surface area contributed by atoms with E-state index in [1.54, 1.807) is 11.0 Å². The van der Waals surface area contributed by atoms with E-state index in [9.17, 15) is 4.79 Å². The van der Waals surface area contributed by atoms with Crippen molar-refractivity contribution in [3.63, 3.8) is 0 Å². The number of amides is 1. The van der Waals surface area contributed by atoms with Crippen LogP contribution in [0.1, 0.15) is 50.4 Å². The number of nitrogens with one attached hydrogen (secondary N) is 1. The minimum atomic E-state index is 0.139. The number of aromatic amines is 1. The number of hydrogen-bond donors (Lipinski definition) is 1. The minimum Gasteiger partial charge on any atom is -0.356 e. The van der Waals surface area contributed by atoms with Crippen molar-refractivity contribution < 1.29 is 4.79 Å². The summed E-state index contributed by atoms with van der Waals surface area (Å²) in [4.78, 5) is 22.7. The molecule has 6 nitrogen and oxygen atoms in total. The number of nitrogens with zero attached hydrogens (tertiary/aromatic N) is 4. The summed E-state index contributed by atoms with van der Waals surface area (Å²) < 4.78 is 1.78. The first-order valence-corrected chi connectivity index (χ1v) is 9.85. The number of carbonyl (C=O) groups excluding carboxylic acids is 1. The van der Waals surface area contributed by atoms with Crippen molar-refractivity contribution in [1.82, 2.24) is 24.6 Å². The average molecular weight is 365 g/mol. The molecule has 1 aromatic carbocycles. The van der Waals surface area contributed by atoms with Gasteiger partial charge in [0.15, 0.2) is 0 Å². The van der Waals surface area contributed by atoms with Crippen molar-refractivity contribution in [3.8, 4) is 0 Å². The quantitative estimate of drug-likeness (QED) is 0.724. The molecule has 1 aliphatic rings. The molecule has 0 aliphatic carbocycles. The summed E-state index contributed by atoms with van der Waals surface area (Å²) in [6, 6.07) is 8.61. The van der Waals surface area contributed by atoms with E-state index in [0.29, 0.717) is 12.3 Å². The number of fused-ring (bicyclic) bond motifs is 3. The van der Waals surface area contributed by atoms with Crippen LogP contribution < -0.4 is 0 Å². The van der Waals surface area contributed by atoms with Crippen LogP contribution in [0.4, 0.5) is 0 Å². The van der Waals surface area contributed by atoms with Crippen molar-refractivity contribution in [2.75, 3.05) is 6.54 Å². The maximum absolute atomic E-state index is 13.0. The molecule has 1 amide bonds. The SMILES string of the molecule is CC(C)CC1c2[nH]c3ccccc3c2CCN1C(=O)CCCn1cncn1. The molecule has 1 atom stereocenters. The Bertz CT molecular complexity index is 912. The summed E-state index contributed by atoms with van der Waals surface area (Å²) >= 11 is 0. The summed E-state index contributed by atoms with van der Waals surface area (Å²) in [7, 11) is 0. The number of benzene rings is 1. The molecule has 27 heavy (non-hydrogen) atoms. The molecule has 0 saturated carbocycles. The second-order valence-corrected chi connectivity index (χ2v) is 7.81. The summed E-state index contributed by atoms with van der Waals surface area (Å²) in [5, 5.41) is 5.41. The molecule has 0 bridgehead atoms. The molecular formula is C21H27N5O. The molecule has 3 heterocycles. The van der Waals surface area contributed by atoms with Crippen LogP contribution in [0.2, 0.25) is 0 Å². The second kappa shape index (κ2) is 7.55. The molecule has 0 saturated heterocycles. The molecule has 0 fully saturated rings. The maximum Gasteiger partial charge on any atom is 0.223 e. The van der Waals surface area contributed by atoms with E-state index >= 15 is 0 Å². The van der Waals surface area contributed by atoms with Gasteiger partial charge in [-0.25, -0.2) is 4.98 Å². The molecule has 0 spiro atoms. The normalized spacial score (nSPS) is 16.9. The van der Waals surface area contributed by atoms with Crippen molar-refractivity contribution in [2.45, 2.75) is 52.1 Å². The molecule has 1 N–H and O–H groups in total. The largest absolute Gasteiger partial charge is 0.356 e. The number of aromatic nitrogens is 4. The maximum atomic E-state index is 13.0. The Kier molecular flexibility index (Phi) is 4.97. The van der Waals surface area contributed by atoms with E-state index in [2.05, 4.69) is 58.1 Å². The van der Waals surface area contributed by atoms with Crippen LogP contribution in [0.25, 0.3) is 10.9 Å². The molecule has 3 aromatic rings. The molecule has 0 radical (unpaired) electrons. The van der Waals surface area contributed by atoms with Gasteiger partial charge in [0.25, 0.3) is 0 Å². The Labute approximate surface area is 159 Å². The third-order valence-corrected chi connectivity index (χ3v) is 5.42. The van der Waals surface area contributed by atoms with Gasteiger partial charge in [-0.3, -0.25) is 9.48 Å². The van der Waals surface area contributed by atoms with Gasteiger partial charge in [0.1, 0.15) is 12.7 Å². The summed E-state index contributed by atoms with van der Waals surface area (Å²) in [6.45, 7) is 5.98. The smallest absolute Gasteiger partial charge is 0.223 e. The number of para-hydroxylation sites is 1. The third-order valence-electron chi connectivity index (χ3n) is 5.42. The third kappa shape index (κ3) is 3.61. The Morgan fingerprint density at radius 1 is 1.33 bits per heavy atom. The highest BCUT2D eigenvalue weighted by Gasteiger charge is 2.33. The lowest BCUT2D eigenvalue weighted by molar-refractivity contribution is -0.134. The molecule has 1 aliphatic heterocycles. The monoisotopic (exact) mass is 365 g/mol. The van der Waals surface area contributed by atoms with Crippen molar-refractivity contribution in [2.24, 2.45) is 5.92 Å². The van der Waals surface area contributed by atoms with Gasteiger partial charge >= 0.3 is 0 Å². The van der Waals surface area contributed by atoms with Gasteiger partial charge in [0, 0.05) is 36.1 Å². The lowest BCUT2D eigenvalue weighted by Gasteiger charge is -2.37. The standard InChI is InChI=1S/C21H27N5O/c1-15(2)12-19-21-17(16-6-3-4-7-18(16)24-21)9-11-26(19)20(27)8-5-10-25-14-22-13-23-25/h3-4,6-7,13-15,19,24H,5,8-12H2,1-2H3. The Hall–Kier alpha value is -2.63. The van der Waals surface area contributed by atoms with Crippen LogP contribution in [0.3, 0.4) is 0 Å².